The largest absolute Gasteiger partial charge is 0.481 e. The first-order valence-corrected chi connectivity index (χ1v) is 8.31. The van der Waals surface area contributed by atoms with E-state index in [-0.39, 0.29) is 17.9 Å². The average molecular weight is 340 g/mol. The molecule has 1 atom stereocenters. The van der Waals surface area contributed by atoms with Gasteiger partial charge in [-0.3, -0.25) is 9.59 Å². The van der Waals surface area contributed by atoms with Gasteiger partial charge >= 0.3 is 0 Å². The fourth-order valence-corrected chi connectivity index (χ4v) is 2.30. The van der Waals surface area contributed by atoms with E-state index in [4.69, 9.17) is 4.74 Å². The summed E-state index contributed by atoms with van der Waals surface area (Å²) in [5, 5.41) is 5.61. The van der Waals surface area contributed by atoms with Gasteiger partial charge in [-0.2, -0.15) is 0 Å². The quantitative estimate of drug-likeness (QED) is 0.845. The zero-order chi connectivity index (χ0) is 18.4. The zero-order valence-electron chi connectivity index (χ0n) is 15.0. The Morgan fingerprint density at radius 1 is 0.960 bits per heavy atom. The van der Waals surface area contributed by atoms with Crippen LogP contribution in [0.15, 0.2) is 48.5 Å². The molecule has 2 N–H and O–H groups in total. The summed E-state index contributed by atoms with van der Waals surface area (Å²) in [6.45, 7) is 7.37. The molecule has 0 aliphatic heterocycles. The summed E-state index contributed by atoms with van der Waals surface area (Å²) in [7, 11) is 0. The van der Waals surface area contributed by atoms with Crippen LogP contribution in [0.5, 0.6) is 5.75 Å². The molecule has 0 saturated carbocycles. The van der Waals surface area contributed by atoms with Crippen molar-refractivity contribution in [2.24, 2.45) is 0 Å². The maximum absolute atomic E-state index is 12.5. The molecule has 0 aliphatic rings. The Labute approximate surface area is 148 Å². The van der Waals surface area contributed by atoms with Crippen LogP contribution in [0.25, 0.3) is 0 Å². The lowest BCUT2D eigenvalue weighted by Crippen LogP contribution is -2.33. The summed E-state index contributed by atoms with van der Waals surface area (Å²) in [5.41, 5.74) is 1.84. The summed E-state index contributed by atoms with van der Waals surface area (Å²) in [5.74, 6) is 0.127. The van der Waals surface area contributed by atoms with E-state index >= 15 is 0 Å². The van der Waals surface area contributed by atoms with Crippen molar-refractivity contribution >= 4 is 17.5 Å². The lowest BCUT2D eigenvalue weighted by molar-refractivity contribution is -0.122. The molecule has 2 aromatic rings. The number of carbonyl (C=O) groups excluding carboxylic acids is 2. The van der Waals surface area contributed by atoms with Crippen molar-refractivity contribution in [1.82, 2.24) is 5.32 Å². The van der Waals surface area contributed by atoms with E-state index < -0.39 is 6.10 Å². The number of nitrogens with one attached hydrogen (secondary N) is 2. The highest BCUT2D eigenvalue weighted by Crippen LogP contribution is 2.19. The number of hydrogen-bond acceptors (Lipinski definition) is 3. The Bertz CT molecular complexity index is 756. The van der Waals surface area contributed by atoms with Crippen molar-refractivity contribution in [1.29, 1.82) is 0 Å². The molecular weight excluding hydrogens is 316 g/mol. The smallest absolute Gasteiger partial charge is 0.265 e. The Kier molecular flexibility index (Phi) is 6.17. The third-order valence-corrected chi connectivity index (χ3v) is 3.62. The van der Waals surface area contributed by atoms with Crippen LogP contribution in [0, 0.1) is 6.92 Å². The fourth-order valence-electron chi connectivity index (χ4n) is 2.30. The van der Waals surface area contributed by atoms with Crippen LogP contribution in [0.4, 0.5) is 5.69 Å². The maximum Gasteiger partial charge on any atom is 0.265 e. The van der Waals surface area contributed by atoms with Gasteiger partial charge in [0.2, 0.25) is 0 Å². The van der Waals surface area contributed by atoms with E-state index in [1.165, 1.54) is 0 Å². The van der Waals surface area contributed by atoms with Crippen molar-refractivity contribution in [3.8, 4) is 5.75 Å². The number of anilines is 1. The van der Waals surface area contributed by atoms with Crippen LogP contribution in [0.3, 0.4) is 0 Å². The van der Waals surface area contributed by atoms with Gasteiger partial charge in [0, 0.05) is 6.04 Å². The molecule has 0 aliphatic carbocycles. The van der Waals surface area contributed by atoms with Gasteiger partial charge in [0.15, 0.2) is 6.10 Å². The molecule has 0 spiro atoms. The second kappa shape index (κ2) is 8.33. The molecule has 0 fully saturated rings. The third-order valence-electron chi connectivity index (χ3n) is 3.62. The summed E-state index contributed by atoms with van der Waals surface area (Å²) < 4.78 is 5.73. The molecule has 25 heavy (non-hydrogen) atoms. The van der Waals surface area contributed by atoms with Gasteiger partial charge in [-0.05, 0) is 51.5 Å². The van der Waals surface area contributed by atoms with Crippen molar-refractivity contribution in [2.75, 3.05) is 5.32 Å². The SMILES string of the molecule is Cc1ccccc1O[C@@H](C)C(=O)Nc1ccccc1C(=O)NC(C)C. The number of rotatable bonds is 6. The Hall–Kier alpha value is -2.82. The number of aryl methyl sites for hydroxylation is 1. The first-order chi connectivity index (χ1) is 11.9. The molecule has 132 valence electrons. The van der Waals surface area contributed by atoms with Gasteiger partial charge in [0.25, 0.3) is 11.8 Å². The average Bonchev–Trinajstić information content (AvgIpc) is 2.56. The highest BCUT2D eigenvalue weighted by molar-refractivity contribution is 6.04. The number of carbonyl (C=O) groups is 2. The summed E-state index contributed by atoms with van der Waals surface area (Å²) in [4.78, 5) is 24.7. The molecule has 0 heterocycles. The first-order valence-electron chi connectivity index (χ1n) is 8.31. The lowest BCUT2D eigenvalue weighted by atomic mass is 10.1. The number of para-hydroxylation sites is 2. The minimum Gasteiger partial charge on any atom is -0.481 e. The highest BCUT2D eigenvalue weighted by Gasteiger charge is 2.19. The Balaban J connectivity index is 2.10. The van der Waals surface area contributed by atoms with E-state index in [2.05, 4.69) is 10.6 Å². The standard InChI is InChI=1S/C20H24N2O3/c1-13(2)21-20(24)16-10-6-7-11-17(16)22-19(23)15(4)25-18-12-8-5-9-14(18)3/h5-13,15H,1-4H3,(H,21,24)(H,22,23)/t15-/m0/s1. The van der Waals surface area contributed by atoms with Crippen molar-refractivity contribution in [3.63, 3.8) is 0 Å². The van der Waals surface area contributed by atoms with E-state index in [1.54, 1.807) is 31.2 Å². The first kappa shape index (κ1) is 18.5. The van der Waals surface area contributed by atoms with Crippen LogP contribution in [0.1, 0.15) is 36.7 Å². The molecule has 0 saturated heterocycles. The van der Waals surface area contributed by atoms with E-state index in [1.807, 2.05) is 45.0 Å². The normalized spacial score (nSPS) is 11.7. The number of hydrogen-bond donors (Lipinski definition) is 2. The third kappa shape index (κ3) is 5.08. The minimum absolute atomic E-state index is 0.0135. The van der Waals surface area contributed by atoms with Gasteiger partial charge in [0.1, 0.15) is 5.75 Å². The van der Waals surface area contributed by atoms with E-state index in [0.29, 0.717) is 17.0 Å². The molecule has 2 aromatic carbocycles. The second-order valence-electron chi connectivity index (χ2n) is 6.19. The van der Waals surface area contributed by atoms with Crippen LogP contribution >= 0.6 is 0 Å². The molecule has 0 radical (unpaired) electrons. The van der Waals surface area contributed by atoms with Crippen LogP contribution < -0.4 is 15.4 Å². The molecule has 0 aromatic heterocycles. The summed E-state index contributed by atoms with van der Waals surface area (Å²) in [6, 6.07) is 14.4. The van der Waals surface area contributed by atoms with Crippen molar-refractivity contribution in [2.45, 2.75) is 39.8 Å². The monoisotopic (exact) mass is 340 g/mol. The van der Waals surface area contributed by atoms with E-state index in [0.717, 1.165) is 5.56 Å². The van der Waals surface area contributed by atoms with Gasteiger partial charge < -0.3 is 15.4 Å². The van der Waals surface area contributed by atoms with Gasteiger partial charge in [-0.15, -0.1) is 0 Å². The predicted molar refractivity (Wildman–Crippen MR) is 98.9 cm³/mol. The lowest BCUT2D eigenvalue weighted by Gasteiger charge is -2.18. The zero-order valence-corrected chi connectivity index (χ0v) is 15.0. The molecule has 0 unspecified atom stereocenters. The Morgan fingerprint density at radius 2 is 1.60 bits per heavy atom. The van der Waals surface area contributed by atoms with Gasteiger partial charge in [-0.25, -0.2) is 0 Å². The van der Waals surface area contributed by atoms with Gasteiger partial charge in [-0.1, -0.05) is 30.3 Å². The summed E-state index contributed by atoms with van der Waals surface area (Å²) in [6.07, 6.45) is -0.692. The highest BCUT2D eigenvalue weighted by atomic mass is 16.5. The topological polar surface area (TPSA) is 67.4 Å². The van der Waals surface area contributed by atoms with Crippen LogP contribution in [-0.4, -0.2) is 24.0 Å². The number of ether oxygens (including phenoxy) is 1. The number of benzene rings is 2. The van der Waals surface area contributed by atoms with Crippen LogP contribution in [-0.2, 0) is 4.79 Å². The molecular formula is C20H24N2O3. The van der Waals surface area contributed by atoms with Crippen molar-refractivity contribution < 1.29 is 14.3 Å². The second-order valence-corrected chi connectivity index (χ2v) is 6.19. The Morgan fingerprint density at radius 3 is 2.28 bits per heavy atom. The fraction of sp³-hybridized carbons (Fsp3) is 0.300. The number of amides is 2. The molecule has 5 heteroatoms. The molecule has 5 nitrogen and oxygen atoms in total. The molecule has 2 rings (SSSR count). The molecule has 2 amide bonds. The predicted octanol–water partition coefficient (Wildman–Crippen LogP) is 3.54. The summed E-state index contributed by atoms with van der Waals surface area (Å²) >= 11 is 0. The van der Waals surface area contributed by atoms with Gasteiger partial charge in [0.05, 0.1) is 11.3 Å². The molecule has 0 bridgehead atoms. The maximum atomic E-state index is 12.5. The van der Waals surface area contributed by atoms with Crippen LogP contribution in [0.2, 0.25) is 0 Å². The van der Waals surface area contributed by atoms with E-state index in [9.17, 15) is 9.59 Å². The minimum atomic E-state index is -0.692. The van der Waals surface area contributed by atoms with Crippen molar-refractivity contribution in [3.05, 3.63) is 59.7 Å².